The molecule has 0 saturated heterocycles. The maximum absolute atomic E-state index is 13.9. The Morgan fingerprint density at radius 3 is 2.56 bits per heavy atom. The molecule has 2 rings (SSSR count). The number of hydrogen-bond donors (Lipinski definition) is 1. The molecule has 18 heavy (non-hydrogen) atoms. The van der Waals surface area contributed by atoms with Gasteiger partial charge in [0.05, 0.1) is 0 Å². The number of aliphatic hydroxyl groups excluding tert-OH is 1. The quantitative estimate of drug-likeness (QED) is 0.898. The minimum absolute atomic E-state index is 0.289. The largest absolute Gasteiger partial charge is 0.463 e. The fraction of sp³-hybridized carbons (Fsp3) is 0.333. The van der Waals surface area contributed by atoms with Crippen molar-refractivity contribution in [3.05, 3.63) is 58.3 Å². The van der Waals surface area contributed by atoms with E-state index in [0.29, 0.717) is 5.76 Å². The molecule has 0 saturated carbocycles. The minimum atomic E-state index is -1.05. The number of hydrogen-bond acceptors (Lipinski definition) is 2. The molecular formula is C15H17FO2. The summed E-state index contributed by atoms with van der Waals surface area (Å²) in [5.41, 5.74) is 1.86. The number of aliphatic hydroxyl groups is 1. The van der Waals surface area contributed by atoms with Gasteiger partial charge in [0.2, 0.25) is 0 Å². The molecule has 1 N–H and O–H groups in total. The Morgan fingerprint density at radius 2 is 2.00 bits per heavy atom. The molecule has 2 nitrogen and oxygen atoms in total. The lowest BCUT2D eigenvalue weighted by molar-refractivity contribution is 0.181. The second-order valence-corrected chi connectivity index (χ2v) is 4.54. The maximum atomic E-state index is 13.9. The molecule has 3 heteroatoms. The van der Waals surface area contributed by atoms with E-state index in [1.807, 2.05) is 19.9 Å². The summed E-state index contributed by atoms with van der Waals surface area (Å²) < 4.78 is 19.4. The van der Waals surface area contributed by atoms with E-state index in [4.69, 9.17) is 4.42 Å². The van der Waals surface area contributed by atoms with Gasteiger partial charge >= 0.3 is 0 Å². The van der Waals surface area contributed by atoms with Crippen LogP contribution >= 0.6 is 0 Å². The zero-order valence-corrected chi connectivity index (χ0v) is 10.8. The van der Waals surface area contributed by atoms with Gasteiger partial charge in [-0.25, -0.2) is 4.39 Å². The number of aryl methyl sites for hydroxylation is 3. The van der Waals surface area contributed by atoms with Crippen molar-refractivity contribution in [1.29, 1.82) is 0 Å². The maximum Gasteiger partial charge on any atom is 0.140 e. The Hall–Kier alpha value is -1.61. The van der Waals surface area contributed by atoms with Gasteiger partial charge in [0, 0.05) is 12.0 Å². The van der Waals surface area contributed by atoms with Crippen molar-refractivity contribution in [2.75, 3.05) is 0 Å². The van der Waals surface area contributed by atoms with E-state index < -0.39 is 11.9 Å². The van der Waals surface area contributed by atoms with Crippen LogP contribution in [0.3, 0.4) is 0 Å². The molecule has 0 spiro atoms. The number of benzene rings is 1. The minimum Gasteiger partial charge on any atom is -0.463 e. The van der Waals surface area contributed by atoms with Crippen LogP contribution in [0.1, 0.15) is 41.2 Å². The zero-order valence-electron chi connectivity index (χ0n) is 10.8. The van der Waals surface area contributed by atoms with Gasteiger partial charge in [-0.2, -0.15) is 0 Å². The molecule has 1 aromatic heterocycles. The topological polar surface area (TPSA) is 33.4 Å². The molecule has 0 aliphatic heterocycles. The Balaban J connectivity index is 2.42. The van der Waals surface area contributed by atoms with Crippen LogP contribution in [0.5, 0.6) is 0 Å². The molecule has 96 valence electrons. The predicted molar refractivity (Wildman–Crippen MR) is 68.0 cm³/mol. The monoisotopic (exact) mass is 248 g/mol. The summed E-state index contributed by atoms with van der Waals surface area (Å²) in [5.74, 6) is 0.779. The lowest BCUT2D eigenvalue weighted by Crippen LogP contribution is -2.04. The average molecular weight is 248 g/mol. The van der Waals surface area contributed by atoms with Crippen LogP contribution < -0.4 is 0 Å². The Kier molecular flexibility index (Phi) is 3.53. The number of rotatable bonds is 3. The van der Waals surface area contributed by atoms with Gasteiger partial charge in [0.1, 0.15) is 23.4 Å². The normalized spacial score (nSPS) is 12.7. The van der Waals surface area contributed by atoms with Gasteiger partial charge < -0.3 is 9.52 Å². The van der Waals surface area contributed by atoms with Gasteiger partial charge in [0.15, 0.2) is 0 Å². The summed E-state index contributed by atoms with van der Waals surface area (Å²) in [6.45, 7) is 5.58. The third-order valence-electron chi connectivity index (χ3n) is 3.05. The highest BCUT2D eigenvalue weighted by molar-refractivity contribution is 5.36. The number of halogens is 1. The van der Waals surface area contributed by atoms with E-state index in [9.17, 15) is 9.50 Å². The molecule has 1 aromatic carbocycles. The molecule has 1 unspecified atom stereocenters. The third kappa shape index (κ3) is 2.31. The lowest BCUT2D eigenvalue weighted by atomic mass is 9.99. The molecule has 1 atom stereocenters. The smallest absolute Gasteiger partial charge is 0.140 e. The first-order valence-electron chi connectivity index (χ1n) is 6.06. The average Bonchev–Trinajstić information content (AvgIpc) is 2.75. The van der Waals surface area contributed by atoms with E-state index in [1.165, 1.54) is 6.07 Å². The first-order chi connectivity index (χ1) is 8.52. The molecule has 0 bridgehead atoms. The van der Waals surface area contributed by atoms with Crippen molar-refractivity contribution in [1.82, 2.24) is 0 Å². The first kappa shape index (κ1) is 12.8. The SMILES string of the molecule is CCc1ccc(C(O)c2c(C)cc(C)cc2F)o1. The second kappa shape index (κ2) is 4.94. The van der Waals surface area contributed by atoms with Crippen LogP contribution in [-0.2, 0) is 6.42 Å². The molecule has 2 aromatic rings. The van der Waals surface area contributed by atoms with Crippen LogP contribution in [0.2, 0.25) is 0 Å². The Labute approximate surface area is 106 Å². The van der Waals surface area contributed by atoms with Crippen molar-refractivity contribution >= 4 is 0 Å². The summed E-state index contributed by atoms with van der Waals surface area (Å²) in [4.78, 5) is 0. The third-order valence-corrected chi connectivity index (χ3v) is 3.05. The molecule has 0 aliphatic carbocycles. The Bertz CT molecular complexity index is 534. The molecule has 1 heterocycles. The van der Waals surface area contributed by atoms with Crippen LogP contribution in [0.15, 0.2) is 28.7 Å². The van der Waals surface area contributed by atoms with Gasteiger partial charge in [0.25, 0.3) is 0 Å². The second-order valence-electron chi connectivity index (χ2n) is 4.54. The lowest BCUT2D eigenvalue weighted by Gasteiger charge is -2.13. The van der Waals surface area contributed by atoms with Crippen molar-refractivity contribution in [3.8, 4) is 0 Å². The van der Waals surface area contributed by atoms with Gasteiger partial charge in [-0.3, -0.25) is 0 Å². The van der Waals surface area contributed by atoms with Crippen LogP contribution in [-0.4, -0.2) is 5.11 Å². The van der Waals surface area contributed by atoms with Gasteiger partial charge in [-0.05, 0) is 43.2 Å². The predicted octanol–water partition coefficient (Wildman–Crippen LogP) is 3.68. The molecular weight excluding hydrogens is 231 g/mol. The highest BCUT2D eigenvalue weighted by atomic mass is 19.1. The number of furan rings is 1. The van der Waals surface area contributed by atoms with Gasteiger partial charge in [-0.15, -0.1) is 0 Å². The molecule has 0 radical (unpaired) electrons. The summed E-state index contributed by atoms with van der Waals surface area (Å²) in [6.07, 6.45) is -0.298. The molecule has 0 fully saturated rings. The van der Waals surface area contributed by atoms with Crippen molar-refractivity contribution < 1.29 is 13.9 Å². The highest BCUT2D eigenvalue weighted by Gasteiger charge is 2.20. The van der Waals surface area contributed by atoms with Crippen LogP contribution in [0.25, 0.3) is 0 Å². The Morgan fingerprint density at radius 1 is 1.28 bits per heavy atom. The molecule has 0 amide bonds. The van der Waals surface area contributed by atoms with Crippen molar-refractivity contribution in [2.24, 2.45) is 0 Å². The fourth-order valence-electron chi connectivity index (χ4n) is 2.15. The van der Waals surface area contributed by atoms with E-state index in [2.05, 4.69) is 0 Å². The van der Waals surface area contributed by atoms with E-state index in [1.54, 1.807) is 19.1 Å². The van der Waals surface area contributed by atoms with Crippen LogP contribution in [0, 0.1) is 19.7 Å². The van der Waals surface area contributed by atoms with E-state index in [-0.39, 0.29) is 5.56 Å². The zero-order chi connectivity index (χ0) is 13.3. The fourth-order valence-corrected chi connectivity index (χ4v) is 2.15. The highest BCUT2D eigenvalue weighted by Crippen LogP contribution is 2.29. The van der Waals surface area contributed by atoms with E-state index in [0.717, 1.165) is 23.3 Å². The summed E-state index contributed by atoms with van der Waals surface area (Å²) >= 11 is 0. The molecule has 0 aliphatic rings. The van der Waals surface area contributed by atoms with Crippen molar-refractivity contribution in [2.45, 2.75) is 33.3 Å². The standard InChI is InChI=1S/C15H17FO2/c1-4-11-5-6-13(18-11)15(17)14-10(3)7-9(2)8-12(14)16/h5-8,15,17H,4H2,1-3H3. The van der Waals surface area contributed by atoms with E-state index >= 15 is 0 Å². The summed E-state index contributed by atoms with van der Waals surface area (Å²) in [6, 6.07) is 6.78. The first-order valence-corrected chi connectivity index (χ1v) is 6.06. The van der Waals surface area contributed by atoms with Crippen molar-refractivity contribution in [3.63, 3.8) is 0 Å². The van der Waals surface area contributed by atoms with Crippen LogP contribution in [0.4, 0.5) is 4.39 Å². The summed E-state index contributed by atoms with van der Waals surface area (Å²) in [5, 5.41) is 10.2. The van der Waals surface area contributed by atoms with Gasteiger partial charge in [-0.1, -0.05) is 13.0 Å². The summed E-state index contributed by atoms with van der Waals surface area (Å²) in [7, 11) is 0.